The molecule has 1 fully saturated rings. The van der Waals surface area contributed by atoms with Crippen molar-refractivity contribution in [3.05, 3.63) is 42.5 Å². The molecule has 1 aliphatic rings. The minimum Gasteiger partial charge on any atom is -0.478 e. The maximum atomic E-state index is 12.3. The van der Waals surface area contributed by atoms with Crippen molar-refractivity contribution in [1.29, 1.82) is 0 Å². The zero-order valence-corrected chi connectivity index (χ0v) is 10.6. The number of nitrogens with zero attached hydrogens (tertiary/aromatic N) is 2. The fourth-order valence-corrected chi connectivity index (χ4v) is 2.15. The Morgan fingerprint density at radius 1 is 1.42 bits per heavy atom. The van der Waals surface area contributed by atoms with Gasteiger partial charge in [0.15, 0.2) is 0 Å². The third-order valence-electron chi connectivity index (χ3n) is 3.07. The fourth-order valence-electron chi connectivity index (χ4n) is 2.15. The number of hydrogen-bond donors (Lipinski definition) is 1. The average molecular weight is 260 g/mol. The van der Waals surface area contributed by atoms with Crippen LogP contribution in [0.3, 0.4) is 0 Å². The second-order valence-electron chi connectivity index (χ2n) is 4.38. The van der Waals surface area contributed by atoms with Crippen LogP contribution in [0, 0.1) is 0 Å². The number of rotatable bonds is 4. The van der Waals surface area contributed by atoms with Gasteiger partial charge in [0.05, 0.1) is 5.56 Å². The van der Waals surface area contributed by atoms with Gasteiger partial charge in [-0.05, 0) is 24.6 Å². The van der Waals surface area contributed by atoms with Gasteiger partial charge in [-0.25, -0.2) is 9.59 Å². The van der Waals surface area contributed by atoms with Crippen LogP contribution in [-0.2, 0) is 0 Å². The molecule has 0 bridgehead atoms. The smallest absolute Gasteiger partial charge is 0.335 e. The lowest BCUT2D eigenvalue weighted by molar-refractivity contribution is 0.0697. The highest BCUT2D eigenvalue weighted by atomic mass is 16.4. The molecule has 1 aromatic rings. The Kier molecular flexibility index (Phi) is 3.85. The predicted octanol–water partition coefficient (Wildman–Crippen LogP) is 2.20. The molecule has 1 N–H and O–H groups in total. The van der Waals surface area contributed by atoms with Crippen molar-refractivity contribution in [3.63, 3.8) is 0 Å². The summed E-state index contributed by atoms with van der Waals surface area (Å²) in [6, 6.07) is 6.34. The first-order chi connectivity index (χ1) is 9.13. The largest absolute Gasteiger partial charge is 0.478 e. The van der Waals surface area contributed by atoms with Gasteiger partial charge in [0.2, 0.25) is 0 Å². The minimum atomic E-state index is -0.991. The van der Waals surface area contributed by atoms with Crippen LogP contribution in [0.4, 0.5) is 10.5 Å². The van der Waals surface area contributed by atoms with E-state index in [9.17, 15) is 9.59 Å². The molecule has 2 rings (SSSR count). The maximum absolute atomic E-state index is 12.3. The zero-order chi connectivity index (χ0) is 13.8. The monoisotopic (exact) mass is 260 g/mol. The van der Waals surface area contributed by atoms with Crippen LogP contribution in [0.2, 0.25) is 0 Å². The first-order valence-corrected chi connectivity index (χ1v) is 6.14. The molecule has 1 aliphatic heterocycles. The number of benzene rings is 1. The summed E-state index contributed by atoms with van der Waals surface area (Å²) in [7, 11) is 0. The molecule has 0 saturated carbocycles. The van der Waals surface area contributed by atoms with Gasteiger partial charge in [-0.3, -0.25) is 4.90 Å². The highest BCUT2D eigenvalue weighted by Crippen LogP contribution is 2.21. The molecule has 0 aliphatic carbocycles. The normalized spacial score (nSPS) is 15.5. The molecule has 0 aromatic heterocycles. The molecule has 1 aromatic carbocycles. The number of hydrogen-bond acceptors (Lipinski definition) is 2. The van der Waals surface area contributed by atoms with Crippen molar-refractivity contribution in [2.24, 2.45) is 0 Å². The lowest BCUT2D eigenvalue weighted by atomic mass is 10.1. The Hall–Kier alpha value is -2.30. The van der Waals surface area contributed by atoms with E-state index in [0.29, 0.717) is 25.3 Å². The first kappa shape index (κ1) is 13.1. The van der Waals surface area contributed by atoms with Gasteiger partial charge in [-0.2, -0.15) is 0 Å². The fraction of sp³-hybridized carbons (Fsp3) is 0.286. The topological polar surface area (TPSA) is 60.9 Å². The minimum absolute atomic E-state index is 0.103. The van der Waals surface area contributed by atoms with Crippen molar-refractivity contribution in [3.8, 4) is 0 Å². The summed E-state index contributed by atoms with van der Waals surface area (Å²) in [6.07, 6.45) is 2.55. The van der Waals surface area contributed by atoms with Crippen LogP contribution in [0.1, 0.15) is 16.8 Å². The Balaban J connectivity index is 2.25. The summed E-state index contributed by atoms with van der Waals surface area (Å²) in [5.41, 5.74) is 0.810. The van der Waals surface area contributed by atoms with E-state index in [-0.39, 0.29) is 11.6 Å². The van der Waals surface area contributed by atoms with E-state index in [4.69, 9.17) is 5.11 Å². The van der Waals surface area contributed by atoms with Crippen molar-refractivity contribution in [1.82, 2.24) is 4.90 Å². The van der Waals surface area contributed by atoms with Crippen molar-refractivity contribution < 1.29 is 14.7 Å². The number of carbonyl (C=O) groups excluding carboxylic acids is 1. The molecule has 100 valence electrons. The van der Waals surface area contributed by atoms with Gasteiger partial charge in [0, 0.05) is 25.3 Å². The van der Waals surface area contributed by atoms with Crippen molar-refractivity contribution in [2.75, 3.05) is 24.5 Å². The van der Waals surface area contributed by atoms with E-state index in [1.807, 2.05) is 0 Å². The summed E-state index contributed by atoms with van der Waals surface area (Å²) in [5, 5.41) is 8.98. The molecular weight excluding hydrogens is 244 g/mol. The van der Waals surface area contributed by atoms with Crippen LogP contribution in [-0.4, -0.2) is 41.6 Å². The van der Waals surface area contributed by atoms with Crippen molar-refractivity contribution >= 4 is 17.7 Å². The van der Waals surface area contributed by atoms with Gasteiger partial charge >= 0.3 is 12.0 Å². The van der Waals surface area contributed by atoms with E-state index >= 15 is 0 Å². The summed E-state index contributed by atoms with van der Waals surface area (Å²) in [5.74, 6) is -0.991. The van der Waals surface area contributed by atoms with Gasteiger partial charge in [0.25, 0.3) is 0 Å². The standard InChI is InChI=1S/C14H16N2O3/c1-2-7-15-8-4-9-16(14(15)19)12-6-3-5-11(10-12)13(17)18/h2-3,5-6,10H,1,4,7-9H2,(H,17,18). The molecule has 0 atom stereocenters. The molecule has 19 heavy (non-hydrogen) atoms. The van der Waals surface area contributed by atoms with E-state index in [2.05, 4.69) is 6.58 Å². The molecule has 5 heteroatoms. The van der Waals surface area contributed by atoms with Gasteiger partial charge < -0.3 is 10.0 Å². The molecule has 1 heterocycles. The second-order valence-corrected chi connectivity index (χ2v) is 4.38. The van der Waals surface area contributed by atoms with Crippen LogP contribution < -0.4 is 4.90 Å². The Morgan fingerprint density at radius 3 is 2.89 bits per heavy atom. The van der Waals surface area contributed by atoms with Gasteiger partial charge in [-0.15, -0.1) is 6.58 Å². The highest BCUT2D eigenvalue weighted by Gasteiger charge is 2.26. The third-order valence-corrected chi connectivity index (χ3v) is 3.07. The average Bonchev–Trinajstić information content (AvgIpc) is 2.41. The lowest BCUT2D eigenvalue weighted by Gasteiger charge is -2.35. The molecule has 0 radical (unpaired) electrons. The number of carboxylic acids is 1. The number of carboxylic acid groups (broad SMARTS) is 1. The molecule has 0 unspecified atom stereocenters. The number of amides is 2. The lowest BCUT2D eigenvalue weighted by Crippen LogP contribution is -2.49. The Labute approximate surface area is 111 Å². The molecule has 5 nitrogen and oxygen atoms in total. The number of carbonyl (C=O) groups is 2. The van der Waals surface area contributed by atoms with E-state index in [1.165, 1.54) is 12.1 Å². The summed E-state index contributed by atoms with van der Waals surface area (Å²) >= 11 is 0. The first-order valence-electron chi connectivity index (χ1n) is 6.14. The van der Waals surface area contributed by atoms with E-state index in [1.54, 1.807) is 28.0 Å². The summed E-state index contributed by atoms with van der Waals surface area (Å²) in [4.78, 5) is 26.5. The maximum Gasteiger partial charge on any atom is 0.335 e. The quantitative estimate of drug-likeness (QED) is 0.844. The molecule has 1 saturated heterocycles. The Bertz CT molecular complexity index is 513. The van der Waals surface area contributed by atoms with Gasteiger partial charge in [-0.1, -0.05) is 12.1 Å². The van der Waals surface area contributed by atoms with Crippen LogP contribution >= 0.6 is 0 Å². The van der Waals surface area contributed by atoms with Crippen LogP contribution in [0.25, 0.3) is 0 Å². The summed E-state index contributed by atoms with van der Waals surface area (Å²) < 4.78 is 0. The second kappa shape index (κ2) is 5.56. The number of anilines is 1. The van der Waals surface area contributed by atoms with Gasteiger partial charge in [0.1, 0.15) is 0 Å². The highest BCUT2D eigenvalue weighted by molar-refractivity contribution is 5.95. The molecule has 2 amide bonds. The van der Waals surface area contributed by atoms with E-state index < -0.39 is 5.97 Å². The van der Waals surface area contributed by atoms with Crippen molar-refractivity contribution in [2.45, 2.75) is 6.42 Å². The van der Waals surface area contributed by atoms with Crippen LogP contribution in [0.15, 0.2) is 36.9 Å². The number of urea groups is 1. The Morgan fingerprint density at radius 2 is 2.21 bits per heavy atom. The SMILES string of the molecule is C=CCN1CCCN(c2cccc(C(=O)O)c2)C1=O. The number of aromatic carboxylic acids is 1. The van der Waals surface area contributed by atoms with E-state index in [0.717, 1.165) is 6.42 Å². The zero-order valence-electron chi connectivity index (χ0n) is 10.6. The predicted molar refractivity (Wildman–Crippen MR) is 72.5 cm³/mol. The molecular formula is C14H16N2O3. The van der Waals surface area contributed by atoms with Crippen LogP contribution in [0.5, 0.6) is 0 Å². The summed E-state index contributed by atoms with van der Waals surface area (Å²) in [6.45, 7) is 5.46. The molecule has 0 spiro atoms. The third kappa shape index (κ3) is 2.76.